The van der Waals surface area contributed by atoms with E-state index in [2.05, 4.69) is 0 Å². The molecule has 27 heavy (non-hydrogen) atoms. The summed E-state index contributed by atoms with van der Waals surface area (Å²) in [4.78, 5) is 0. The Labute approximate surface area is 166 Å². The average Bonchev–Trinajstić information content (AvgIpc) is 2.96. The summed E-state index contributed by atoms with van der Waals surface area (Å²) in [5.41, 5.74) is 0. The van der Waals surface area contributed by atoms with Gasteiger partial charge in [-0.05, 0) is 32.3 Å². The minimum absolute atomic E-state index is 0.0578. The van der Waals surface area contributed by atoms with Gasteiger partial charge in [-0.15, -0.1) is 0 Å². The number of hydrogen-bond donors (Lipinski definition) is 0. The maximum absolute atomic E-state index is 5.94. The minimum atomic E-state index is -0.544. The Morgan fingerprint density at radius 2 is 1.44 bits per heavy atom. The Morgan fingerprint density at radius 3 is 2.07 bits per heavy atom. The van der Waals surface area contributed by atoms with Crippen LogP contribution in [0, 0.1) is 0 Å². The molecule has 0 spiro atoms. The van der Waals surface area contributed by atoms with Gasteiger partial charge in [-0.2, -0.15) is 0 Å². The fourth-order valence-corrected chi connectivity index (χ4v) is 3.25. The smallest absolute Gasteiger partial charge is 0.163 e. The summed E-state index contributed by atoms with van der Waals surface area (Å²) in [5, 5.41) is 0. The number of ether oxygens (including phenoxy) is 7. The molecule has 0 N–H and O–H groups in total. The first-order chi connectivity index (χ1) is 13.1. The first-order valence-corrected chi connectivity index (χ1v) is 10.7. The van der Waals surface area contributed by atoms with Gasteiger partial charge in [0.1, 0.15) is 12.2 Å². The van der Waals surface area contributed by atoms with Crippen molar-refractivity contribution in [2.75, 3.05) is 72.3 Å². The van der Waals surface area contributed by atoms with Crippen molar-refractivity contribution in [2.24, 2.45) is 0 Å². The van der Waals surface area contributed by atoms with Crippen LogP contribution in [0.2, 0.25) is 0 Å². The van der Waals surface area contributed by atoms with Gasteiger partial charge in [0.2, 0.25) is 0 Å². The third kappa shape index (κ3) is 9.38. The first-order valence-electron chi connectivity index (χ1n) is 9.56. The van der Waals surface area contributed by atoms with Gasteiger partial charge in [0, 0.05) is 12.9 Å². The van der Waals surface area contributed by atoms with E-state index in [1.54, 1.807) is 0 Å². The molecule has 8 nitrogen and oxygen atoms in total. The fraction of sp³-hybridized carbons (Fsp3) is 1.00. The number of fused-ring (bicyclic) bond motifs is 1. The third-order valence-electron chi connectivity index (χ3n) is 4.15. The SMILES string of the molecule is CSOCCOCCOCCOCCOCC1OCCC2OC(C)(C)OC12. The molecule has 0 amide bonds. The minimum Gasteiger partial charge on any atom is -0.377 e. The zero-order valence-corrected chi connectivity index (χ0v) is 17.5. The summed E-state index contributed by atoms with van der Waals surface area (Å²) in [5.74, 6) is -0.544. The summed E-state index contributed by atoms with van der Waals surface area (Å²) in [6.07, 6.45) is 2.70. The van der Waals surface area contributed by atoms with Crippen molar-refractivity contribution in [2.45, 2.75) is 44.4 Å². The molecule has 9 heteroatoms. The van der Waals surface area contributed by atoms with Gasteiger partial charge in [0.05, 0.1) is 65.6 Å². The van der Waals surface area contributed by atoms with E-state index >= 15 is 0 Å². The topological polar surface area (TPSA) is 73.8 Å². The highest BCUT2D eigenvalue weighted by Crippen LogP contribution is 2.35. The van der Waals surface area contributed by atoms with E-state index in [-0.39, 0.29) is 18.3 Å². The number of rotatable bonds is 15. The van der Waals surface area contributed by atoms with Crippen molar-refractivity contribution < 1.29 is 37.3 Å². The van der Waals surface area contributed by atoms with Crippen molar-refractivity contribution in [3.8, 4) is 0 Å². The third-order valence-corrected chi connectivity index (χ3v) is 4.55. The second-order valence-electron chi connectivity index (χ2n) is 6.74. The van der Waals surface area contributed by atoms with E-state index in [1.165, 1.54) is 12.0 Å². The van der Waals surface area contributed by atoms with Crippen molar-refractivity contribution in [1.82, 2.24) is 0 Å². The van der Waals surface area contributed by atoms with E-state index < -0.39 is 5.79 Å². The summed E-state index contributed by atoms with van der Waals surface area (Å²) in [6, 6.07) is 0. The van der Waals surface area contributed by atoms with Crippen LogP contribution in [0.1, 0.15) is 20.3 Å². The van der Waals surface area contributed by atoms with Crippen molar-refractivity contribution in [1.29, 1.82) is 0 Å². The van der Waals surface area contributed by atoms with Crippen molar-refractivity contribution in [3.63, 3.8) is 0 Å². The van der Waals surface area contributed by atoms with Crippen LogP contribution in [0.25, 0.3) is 0 Å². The number of hydrogen-bond acceptors (Lipinski definition) is 9. The average molecular weight is 411 g/mol. The molecule has 0 aromatic rings. The molecule has 3 atom stereocenters. The summed E-state index contributed by atoms with van der Waals surface area (Å²) in [7, 11) is 0. The summed E-state index contributed by atoms with van der Waals surface area (Å²) in [6.45, 7) is 9.44. The Kier molecular flexibility index (Phi) is 11.5. The highest BCUT2D eigenvalue weighted by molar-refractivity contribution is 7.93. The highest BCUT2D eigenvalue weighted by Gasteiger charge is 2.47. The predicted molar refractivity (Wildman–Crippen MR) is 101 cm³/mol. The van der Waals surface area contributed by atoms with Gasteiger partial charge >= 0.3 is 0 Å². The zero-order valence-electron chi connectivity index (χ0n) is 16.7. The Morgan fingerprint density at radius 1 is 0.852 bits per heavy atom. The van der Waals surface area contributed by atoms with Crippen LogP contribution >= 0.6 is 12.0 Å². The van der Waals surface area contributed by atoms with Crippen LogP contribution in [-0.2, 0) is 37.3 Å². The molecule has 0 aliphatic carbocycles. The van der Waals surface area contributed by atoms with Crippen LogP contribution in [0.3, 0.4) is 0 Å². The molecule has 0 bridgehead atoms. The maximum Gasteiger partial charge on any atom is 0.163 e. The van der Waals surface area contributed by atoms with Crippen LogP contribution in [0.15, 0.2) is 0 Å². The molecule has 2 aliphatic rings. The molecule has 0 aromatic carbocycles. The Balaban J connectivity index is 1.38. The molecule has 0 saturated carbocycles. The molecule has 2 rings (SSSR count). The molecule has 2 heterocycles. The summed E-state index contributed by atoms with van der Waals surface area (Å²) >= 11 is 1.34. The van der Waals surface area contributed by atoms with Gasteiger partial charge in [-0.3, -0.25) is 0 Å². The quantitative estimate of drug-likeness (QED) is 0.296. The zero-order chi connectivity index (χ0) is 19.4. The molecule has 0 aromatic heterocycles. The lowest BCUT2D eigenvalue weighted by atomic mass is 10.0. The second kappa shape index (κ2) is 13.3. The lowest BCUT2D eigenvalue weighted by molar-refractivity contribution is -0.160. The van der Waals surface area contributed by atoms with E-state index in [1.807, 2.05) is 20.1 Å². The highest BCUT2D eigenvalue weighted by atomic mass is 32.2. The summed E-state index contributed by atoms with van der Waals surface area (Å²) < 4.78 is 44.7. The molecule has 2 fully saturated rings. The van der Waals surface area contributed by atoms with E-state index in [9.17, 15) is 0 Å². The van der Waals surface area contributed by atoms with Gasteiger partial charge in [0.25, 0.3) is 0 Å². The molecular weight excluding hydrogens is 376 g/mol. The molecule has 2 aliphatic heterocycles. The van der Waals surface area contributed by atoms with Crippen LogP contribution in [0.5, 0.6) is 0 Å². The molecule has 2 saturated heterocycles. The lowest BCUT2D eigenvalue weighted by Crippen LogP contribution is -2.45. The van der Waals surface area contributed by atoms with E-state index in [0.29, 0.717) is 66.1 Å². The Bertz CT molecular complexity index is 384. The Hall–Kier alpha value is 0.0300. The lowest BCUT2D eigenvalue weighted by Gasteiger charge is -2.31. The van der Waals surface area contributed by atoms with Gasteiger partial charge in [-0.1, -0.05) is 0 Å². The predicted octanol–water partition coefficient (Wildman–Crippen LogP) is 1.66. The van der Waals surface area contributed by atoms with E-state index in [4.69, 9.17) is 37.3 Å². The first kappa shape index (κ1) is 23.3. The molecule has 160 valence electrons. The molecule has 0 radical (unpaired) electrons. The van der Waals surface area contributed by atoms with Crippen LogP contribution in [-0.4, -0.2) is 96.4 Å². The largest absolute Gasteiger partial charge is 0.377 e. The monoisotopic (exact) mass is 410 g/mol. The maximum atomic E-state index is 5.94. The van der Waals surface area contributed by atoms with Gasteiger partial charge in [-0.25, -0.2) is 0 Å². The standard InChI is InChI=1S/C18H34O8S/c1-18(2)25-15-4-5-23-16(17(15)26-18)14-22-11-10-20-7-6-19-8-9-21-12-13-24-27-3/h15-17H,4-14H2,1-3H3. The van der Waals surface area contributed by atoms with Crippen LogP contribution < -0.4 is 0 Å². The van der Waals surface area contributed by atoms with Crippen molar-refractivity contribution >= 4 is 12.0 Å². The second-order valence-corrected chi connectivity index (χ2v) is 7.31. The van der Waals surface area contributed by atoms with Gasteiger partial charge in [0.15, 0.2) is 5.79 Å². The van der Waals surface area contributed by atoms with Crippen LogP contribution in [0.4, 0.5) is 0 Å². The molecule has 3 unspecified atom stereocenters. The van der Waals surface area contributed by atoms with Crippen molar-refractivity contribution in [3.05, 3.63) is 0 Å². The fourth-order valence-electron chi connectivity index (χ4n) is 3.01. The molecular formula is C18H34O8S. The van der Waals surface area contributed by atoms with Gasteiger partial charge < -0.3 is 37.3 Å². The van der Waals surface area contributed by atoms with E-state index in [0.717, 1.165) is 6.42 Å². The normalized spacial score (nSPS) is 27.0.